The molecule has 0 unspecified atom stereocenters. The van der Waals surface area contributed by atoms with E-state index in [-0.39, 0.29) is 6.79 Å². The Morgan fingerprint density at radius 1 is 1.38 bits per heavy atom. The molecule has 0 saturated carbocycles. The lowest BCUT2D eigenvalue weighted by atomic mass is 10.1. The number of hydrogen-bond acceptors (Lipinski definition) is 5. The minimum Gasteiger partial charge on any atom is -0.493 e. The average molecular weight is 289 g/mol. The largest absolute Gasteiger partial charge is 0.493 e. The van der Waals surface area contributed by atoms with Crippen LogP contribution >= 0.6 is 0 Å². The molecule has 2 heterocycles. The third-order valence-corrected chi connectivity index (χ3v) is 3.44. The van der Waals surface area contributed by atoms with Crippen molar-refractivity contribution in [2.24, 2.45) is 7.05 Å². The van der Waals surface area contributed by atoms with Crippen molar-refractivity contribution in [1.82, 2.24) is 9.78 Å². The number of aryl methyl sites for hydroxylation is 2. The van der Waals surface area contributed by atoms with Gasteiger partial charge in [-0.2, -0.15) is 5.10 Å². The molecule has 6 nitrogen and oxygen atoms in total. The molecular weight excluding hydrogens is 270 g/mol. The van der Waals surface area contributed by atoms with Crippen LogP contribution in [0.1, 0.15) is 18.2 Å². The maximum atomic E-state index is 5.44. The van der Waals surface area contributed by atoms with Gasteiger partial charge in [-0.05, 0) is 24.1 Å². The van der Waals surface area contributed by atoms with Crippen LogP contribution in [0.3, 0.4) is 0 Å². The van der Waals surface area contributed by atoms with E-state index in [0.717, 1.165) is 29.1 Å². The van der Waals surface area contributed by atoms with Crippen molar-refractivity contribution in [1.29, 1.82) is 0 Å². The Labute approximate surface area is 123 Å². The van der Waals surface area contributed by atoms with E-state index in [4.69, 9.17) is 14.2 Å². The number of aromatic nitrogens is 2. The number of benzene rings is 1. The minimum atomic E-state index is 0.241. The minimum absolute atomic E-state index is 0.241. The molecule has 0 amide bonds. The zero-order chi connectivity index (χ0) is 14.8. The summed E-state index contributed by atoms with van der Waals surface area (Å²) in [6.45, 7) is 3.01. The van der Waals surface area contributed by atoms with E-state index in [9.17, 15) is 0 Å². The molecule has 1 N–H and O–H groups in total. The van der Waals surface area contributed by atoms with Crippen LogP contribution in [0.5, 0.6) is 17.2 Å². The predicted octanol–water partition coefficient (Wildman–Crippen LogP) is 2.33. The van der Waals surface area contributed by atoms with E-state index in [1.807, 2.05) is 30.1 Å². The van der Waals surface area contributed by atoms with Crippen molar-refractivity contribution in [2.45, 2.75) is 19.9 Å². The van der Waals surface area contributed by atoms with Gasteiger partial charge in [0.05, 0.1) is 18.5 Å². The lowest BCUT2D eigenvalue weighted by molar-refractivity contribution is 0.171. The maximum Gasteiger partial charge on any atom is 0.231 e. The van der Waals surface area contributed by atoms with Crippen LogP contribution in [0.2, 0.25) is 0 Å². The number of methoxy groups -OCH3 is 1. The molecule has 1 aromatic heterocycles. The van der Waals surface area contributed by atoms with Crippen molar-refractivity contribution < 1.29 is 14.2 Å². The molecule has 0 spiro atoms. The van der Waals surface area contributed by atoms with Gasteiger partial charge in [-0.3, -0.25) is 4.68 Å². The molecule has 0 bridgehead atoms. The van der Waals surface area contributed by atoms with Gasteiger partial charge >= 0.3 is 0 Å². The van der Waals surface area contributed by atoms with E-state index >= 15 is 0 Å². The Bertz CT molecular complexity index is 652. The van der Waals surface area contributed by atoms with Crippen LogP contribution in [-0.4, -0.2) is 23.7 Å². The molecule has 21 heavy (non-hydrogen) atoms. The van der Waals surface area contributed by atoms with Gasteiger partial charge in [-0.25, -0.2) is 0 Å². The topological polar surface area (TPSA) is 57.5 Å². The second-order valence-electron chi connectivity index (χ2n) is 4.90. The van der Waals surface area contributed by atoms with Crippen molar-refractivity contribution in [3.8, 4) is 17.2 Å². The van der Waals surface area contributed by atoms with Crippen LogP contribution in [0, 0.1) is 0 Å². The summed E-state index contributed by atoms with van der Waals surface area (Å²) in [5, 5.41) is 7.83. The van der Waals surface area contributed by atoms with Gasteiger partial charge in [-0.15, -0.1) is 0 Å². The number of rotatable bonds is 5. The van der Waals surface area contributed by atoms with E-state index < -0.39 is 0 Å². The van der Waals surface area contributed by atoms with Gasteiger partial charge < -0.3 is 19.5 Å². The van der Waals surface area contributed by atoms with Crippen LogP contribution in [0.25, 0.3) is 0 Å². The number of anilines is 1. The molecule has 1 aliphatic rings. The molecule has 0 saturated heterocycles. The van der Waals surface area contributed by atoms with Crippen LogP contribution < -0.4 is 19.5 Å². The van der Waals surface area contributed by atoms with Crippen LogP contribution in [0.15, 0.2) is 18.3 Å². The molecular formula is C15H19N3O3. The maximum absolute atomic E-state index is 5.44. The first kappa shape index (κ1) is 13.6. The van der Waals surface area contributed by atoms with Crippen molar-refractivity contribution in [3.05, 3.63) is 29.6 Å². The lowest BCUT2D eigenvalue weighted by Gasteiger charge is -2.09. The van der Waals surface area contributed by atoms with Gasteiger partial charge in [0.25, 0.3) is 0 Å². The normalized spacial score (nSPS) is 12.5. The highest BCUT2D eigenvalue weighted by atomic mass is 16.7. The summed E-state index contributed by atoms with van der Waals surface area (Å²) in [6.07, 6.45) is 2.89. The molecule has 1 aromatic carbocycles. The van der Waals surface area contributed by atoms with Crippen molar-refractivity contribution >= 4 is 5.69 Å². The predicted molar refractivity (Wildman–Crippen MR) is 79.0 cm³/mol. The second-order valence-corrected chi connectivity index (χ2v) is 4.90. The van der Waals surface area contributed by atoms with Gasteiger partial charge in [0.2, 0.25) is 12.5 Å². The standard InChI is InChI=1S/C15H19N3O3/c1-4-11-12(8-18(2)17-11)16-7-10-5-13(19-3)15-14(6-10)20-9-21-15/h5-6,8,16H,4,7,9H2,1-3H3. The Morgan fingerprint density at radius 3 is 3.00 bits per heavy atom. The molecule has 0 aliphatic carbocycles. The molecule has 6 heteroatoms. The molecule has 3 rings (SSSR count). The zero-order valence-electron chi connectivity index (χ0n) is 12.5. The molecule has 2 aromatic rings. The lowest BCUT2D eigenvalue weighted by Crippen LogP contribution is -2.01. The quantitative estimate of drug-likeness (QED) is 0.915. The van der Waals surface area contributed by atoms with E-state index in [1.165, 1.54) is 0 Å². The van der Waals surface area contributed by atoms with Gasteiger partial charge in [0.1, 0.15) is 0 Å². The zero-order valence-corrected chi connectivity index (χ0v) is 12.5. The highest BCUT2D eigenvalue weighted by Gasteiger charge is 2.20. The molecule has 112 valence electrons. The number of hydrogen-bond donors (Lipinski definition) is 1. The fourth-order valence-corrected chi connectivity index (χ4v) is 2.43. The summed E-state index contributed by atoms with van der Waals surface area (Å²) in [6, 6.07) is 3.93. The SMILES string of the molecule is CCc1nn(C)cc1NCc1cc(OC)c2c(c1)OCO2. The smallest absolute Gasteiger partial charge is 0.231 e. The van der Waals surface area contributed by atoms with E-state index in [2.05, 4.69) is 17.3 Å². The summed E-state index contributed by atoms with van der Waals surface area (Å²) >= 11 is 0. The highest BCUT2D eigenvalue weighted by Crippen LogP contribution is 2.41. The fourth-order valence-electron chi connectivity index (χ4n) is 2.43. The molecule has 0 fully saturated rings. The number of ether oxygens (including phenoxy) is 3. The summed E-state index contributed by atoms with van der Waals surface area (Å²) in [7, 11) is 3.55. The molecule has 1 aliphatic heterocycles. The molecule has 0 atom stereocenters. The van der Waals surface area contributed by atoms with Gasteiger partial charge in [0, 0.05) is 19.8 Å². The number of fused-ring (bicyclic) bond motifs is 1. The average Bonchev–Trinajstić information content (AvgIpc) is 3.09. The third-order valence-electron chi connectivity index (χ3n) is 3.44. The summed E-state index contributed by atoms with van der Waals surface area (Å²) < 4.78 is 18.0. The Balaban J connectivity index is 1.79. The van der Waals surface area contributed by atoms with Gasteiger partial charge in [0.15, 0.2) is 11.5 Å². The van der Waals surface area contributed by atoms with Crippen LogP contribution in [-0.2, 0) is 20.0 Å². The first-order chi connectivity index (χ1) is 10.2. The van der Waals surface area contributed by atoms with E-state index in [1.54, 1.807) is 7.11 Å². The molecule has 0 radical (unpaired) electrons. The summed E-state index contributed by atoms with van der Waals surface area (Å²) in [4.78, 5) is 0. The number of nitrogens with one attached hydrogen (secondary N) is 1. The Morgan fingerprint density at radius 2 is 2.24 bits per heavy atom. The highest BCUT2D eigenvalue weighted by molar-refractivity contribution is 5.56. The second kappa shape index (κ2) is 5.55. The van der Waals surface area contributed by atoms with Crippen molar-refractivity contribution in [2.75, 3.05) is 19.2 Å². The van der Waals surface area contributed by atoms with Crippen molar-refractivity contribution in [3.63, 3.8) is 0 Å². The summed E-state index contributed by atoms with van der Waals surface area (Å²) in [5.74, 6) is 2.11. The fraction of sp³-hybridized carbons (Fsp3) is 0.400. The Kier molecular flexibility index (Phi) is 3.60. The third kappa shape index (κ3) is 2.61. The van der Waals surface area contributed by atoms with Gasteiger partial charge in [-0.1, -0.05) is 6.92 Å². The van der Waals surface area contributed by atoms with Crippen LogP contribution in [0.4, 0.5) is 5.69 Å². The monoisotopic (exact) mass is 289 g/mol. The first-order valence-corrected chi connectivity index (χ1v) is 6.94. The van der Waals surface area contributed by atoms with E-state index in [0.29, 0.717) is 18.0 Å². The Hall–Kier alpha value is -2.37. The first-order valence-electron chi connectivity index (χ1n) is 6.94. The summed E-state index contributed by atoms with van der Waals surface area (Å²) in [5.41, 5.74) is 3.18. The number of nitrogens with zero attached hydrogens (tertiary/aromatic N) is 2.